The van der Waals surface area contributed by atoms with E-state index in [2.05, 4.69) is 32.4 Å². The Morgan fingerprint density at radius 1 is 1.06 bits per heavy atom. The van der Waals surface area contributed by atoms with E-state index in [-0.39, 0.29) is 11.8 Å². The van der Waals surface area contributed by atoms with Crippen LogP contribution in [0.5, 0.6) is 0 Å². The molecule has 0 aliphatic carbocycles. The van der Waals surface area contributed by atoms with Gasteiger partial charge in [-0.15, -0.1) is 0 Å². The van der Waals surface area contributed by atoms with E-state index in [1.807, 2.05) is 53.7 Å². The van der Waals surface area contributed by atoms with Crippen LogP contribution in [0.3, 0.4) is 0 Å². The number of fused-ring (bicyclic) bond motifs is 1. The second-order valence-corrected chi connectivity index (χ2v) is 8.19. The monoisotopic (exact) mass is 439 g/mol. The summed E-state index contributed by atoms with van der Waals surface area (Å²) in [5, 5.41) is 5.48. The second-order valence-electron chi connectivity index (χ2n) is 8.19. The third-order valence-electron chi connectivity index (χ3n) is 5.82. The summed E-state index contributed by atoms with van der Waals surface area (Å²) in [6.07, 6.45) is 7.98. The van der Waals surface area contributed by atoms with Crippen molar-refractivity contribution in [2.75, 3.05) is 31.6 Å². The van der Waals surface area contributed by atoms with Crippen molar-refractivity contribution >= 4 is 28.3 Å². The summed E-state index contributed by atoms with van der Waals surface area (Å²) in [5.74, 6) is 0.691. The number of anilines is 2. The van der Waals surface area contributed by atoms with Crippen LogP contribution in [0.15, 0.2) is 79.4 Å². The number of rotatable bonds is 5. The van der Waals surface area contributed by atoms with Crippen LogP contribution < -0.4 is 5.32 Å². The standard InChI is InChI=1S/C26H25N5O2/c32-25(20-6-3-7-23(14-20)30-26-28-9-4-10-29-26)31-11-12-33-18-19(17-31)13-22-16-27-15-21-5-1-2-8-24(21)22/h1-10,14-16,19H,11-13,17-18H2,(H,28,29,30)/t19-/m0/s1. The predicted octanol–water partition coefficient (Wildman–Crippen LogP) is 4.10. The van der Waals surface area contributed by atoms with Gasteiger partial charge in [0, 0.05) is 60.4 Å². The van der Waals surface area contributed by atoms with E-state index in [9.17, 15) is 4.79 Å². The highest BCUT2D eigenvalue weighted by molar-refractivity contribution is 5.95. The van der Waals surface area contributed by atoms with Gasteiger partial charge in [-0.1, -0.05) is 30.3 Å². The first kappa shape index (κ1) is 21.0. The number of ether oxygens (including phenoxy) is 1. The molecular weight excluding hydrogens is 414 g/mol. The molecule has 2 aromatic heterocycles. The normalized spacial score (nSPS) is 16.4. The average Bonchev–Trinajstić information content (AvgIpc) is 3.10. The SMILES string of the molecule is O=C(c1cccc(Nc2ncccn2)c1)N1CCOC[C@@H](Cc2cncc3ccccc23)C1. The summed E-state index contributed by atoms with van der Waals surface area (Å²) in [7, 11) is 0. The lowest BCUT2D eigenvalue weighted by atomic mass is 9.96. The maximum Gasteiger partial charge on any atom is 0.254 e. The molecule has 1 N–H and O–H groups in total. The number of nitrogens with one attached hydrogen (secondary N) is 1. The van der Waals surface area contributed by atoms with Gasteiger partial charge in [0.2, 0.25) is 5.95 Å². The topological polar surface area (TPSA) is 80.2 Å². The molecule has 0 spiro atoms. The summed E-state index contributed by atoms with van der Waals surface area (Å²) < 4.78 is 5.87. The first-order valence-corrected chi connectivity index (χ1v) is 11.1. The molecule has 1 aliphatic heterocycles. The Bertz CT molecular complexity index is 1240. The zero-order chi connectivity index (χ0) is 22.5. The molecular formula is C26H25N5O2. The smallest absolute Gasteiger partial charge is 0.254 e. The van der Waals surface area contributed by atoms with Crippen LogP contribution in [0.4, 0.5) is 11.6 Å². The van der Waals surface area contributed by atoms with E-state index in [1.54, 1.807) is 18.5 Å². The Labute approximate surface area is 192 Å². The fourth-order valence-corrected chi connectivity index (χ4v) is 4.25. The summed E-state index contributed by atoms with van der Waals surface area (Å²) in [6, 6.07) is 17.5. The molecule has 1 fully saturated rings. The van der Waals surface area contributed by atoms with Crippen LogP contribution in [0.2, 0.25) is 0 Å². The predicted molar refractivity (Wildman–Crippen MR) is 127 cm³/mol. The highest BCUT2D eigenvalue weighted by atomic mass is 16.5. The lowest BCUT2D eigenvalue weighted by Gasteiger charge is -2.24. The third-order valence-corrected chi connectivity index (χ3v) is 5.82. The second kappa shape index (κ2) is 9.75. The lowest BCUT2D eigenvalue weighted by molar-refractivity contribution is 0.0737. The van der Waals surface area contributed by atoms with Gasteiger partial charge >= 0.3 is 0 Å². The van der Waals surface area contributed by atoms with E-state index in [1.165, 1.54) is 10.9 Å². The first-order chi connectivity index (χ1) is 16.3. The molecule has 1 aliphatic rings. The number of carbonyl (C=O) groups is 1. The average molecular weight is 440 g/mol. The van der Waals surface area contributed by atoms with Gasteiger partial charge in [0.1, 0.15) is 0 Å². The maximum absolute atomic E-state index is 13.4. The van der Waals surface area contributed by atoms with Crippen molar-refractivity contribution in [3.8, 4) is 0 Å². The van der Waals surface area contributed by atoms with Crippen LogP contribution in [0, 0.1) is 5.92 Å². The largest absolute Gasteiger partial charge is 0.379 e. The Morgan fingerprint density at radius 2 is 1.94 bits per heavy atom. The molecule has 1 amide bonds. The van der Waals surface area contributed by atoms with E-state index >= 15 is 0 Å². The fraction of sp³-hybridized carbons (Fsp3) is 0.231. The van der Waals surface area contributed by atoms with Crippen molar-refractivity contribution in [2.24, 2.45) is 5.92 Å². The Balaban J connectivity index is 1.32. The van der Waals surface area contributed by atoms with Gasteiger partial charge in [0.25, 0.3) is 5.91 Å². The number of carbonyl (C=O) groups excluding carboxylic acids is 1. The quantitative estimate of drug-likeness (QED) is 0.504. The van der Waals surface area contributed by atoms with Crippen molar-refractivity contribution in [2.45, 2.75) is 6.42 Å². The summed E-state index contributed by atoms with van der Waals surface area (Å²) in [5.41, 5.74) is 2.59. The molecule has 5 rings (SSSR count). The van der Waals surface area contributed by atoms with E-state index in [0.29, 0.717) is 37.8 Å². The highest BCUT2D eigenvalue weighted by Gasteiger charge is 2.24. The Morgan fingerprint density at radius 3 is 2.85 bits per heavy atom. The first-order valence-electron chi connectivity index (χ1n) is 11.1. The van der Waals surface area contributed by atoms with Crippen molar-refractivity contribution < 1.29 is 9.53 Å². The van der Waals surface area contributed by atoms with Crippen LogP contribution in [-0.2, 0) is 11.2 Å². The molecule has 0 saturated carbocycles. The number of benzene rings is 2. The number of nitrogens with zero attached hydrogens (tertiary/aromatic N) is 4. The number of aromatic nitrogens is 3. The number of amides is 1. The molecule has 33 heavy (non-hydrogen) atoms. The highest BCUT2D eigenvalue weighted by Crippen LogP contribution is 2.23. The van der Waals surface area contributed by atoms with Crippen molar-refractivity contribution in [3.63, 3.8) is 0 Å². The van der Waals surface area contributed by atoms with E-state index in [4.69, 9.17) is 4.74 Å². The van der Waals surface area contributed by atoms with Gasteiger partial charge < -0.3 is 15.0 Å². The van der Waals surface area contributed by atoms with Gasteiger partial charge in [0.05, 0.1) is 13.2 Å². The molecule has 166 valence electrons. The zero-order valence-corrected chi connectivity index (χ0v) is 18.2. The molecule has 7 nitrogen and oxygen atoms in total. The van der Waals surface area contributed by atoms with Gasteiger partial charge in [-0.3, -0.25) is 9.78 Å². The van der Waals surface area contributed by atoms with Gasteiger partial charge in [-0.25, -0.2) is 9.97 Å². The van der Waals surface area contributed by atoms with Crippen LogP contribution >= 0.6 is 0 Å². The molecule has 1 saturated heterocycles. The van der Waals surface area contributed by atoms with Crippen molar-refractivity contribution in [1.82, 2.24) is 19.9 Å². The lowest BCUT2D eigenvalue weighted by Crippen LogP contribution is -2.36. The summed E-state index contributed by atoms with van der Waals surface area (Å²) in [4.78, 5) is 28.0. The molecule has 3 heterocycles. The summed E-state index contributed by atoms with van der Waals surface area (Å²) in [6.45, 7) is 2.37. The number of pyridine rings is 1. The van der Waals surface area contributed by atoms with Gasteiger partial charge in [-0.05, 0) is 41.6 Å². The Hall–Kier alpha value is -3.84. The minimum atomic E-state index is -0.000764. The molecule has 2 aromatic carbocycles. The summed E-state index contributed by atoms with van der Waals surface area (Å²) >= 11 is 0. The number of hydrogen-bond donors (Lipinski definition) is 1. The van der Waals surface area contributed by atoms with Crippen LogP contribution in [0.1, 0.15) is 15.9 Å². The van der Waals surface area contributed by atoms with Crippen molar-refractivity contribution in [1.29, 1.82) is 0 Å². The minimum absolute atomic E-state index is 0.000764. The number of hydrogen-bond acceptors (Lipinski definition) is 6. The maximum atomic E-state index is 13.4. The molecule has 7 heteroatoms. The molecule has 0 bridgehead atoms. The molecule has 0 radical (unpaired) electrons. The van der Waals surface area contributed by atoms with Crippen LogP contribution in [-0.4, -0.2) is 52.1 Å². The Kier molecular flexibility index (Phi) is 6.21. The fourth-order valence-electron chi connectivity index (χ4n) is 4.25. The van der Waals surface area contributed by atoms with Gasteiger partial charge in [-0.2, -0.15) is 0 Å². The van der Waals surface area contributed by atoms with E-state index < -0.39 is 0 Å². The molecule has 4 aromatic rings. The zero-order valence-electron chi connectivity index (χ0n) is 18.2. The van der Waals surface area contributed by atoms with E-state index in [0.717, 1.165) is 17.5 Å². The van der Waals surface area contributed by atoms with Gasteiger partial charge in [0.15, 0.2) is 0 Å². The van der Waals surface area contributed by atoms with Crippen molar-refractivity contribution in [3.05, 3.63) is 90.5 Å². The molecule has 0 unspecified atom stereocenters. The minimum Gasteiger partial charge on any atom is -0.379 e. The van der Waals surface area contributed by atoms with Crippen LogP contribution in [0.25, 0.3) is 10.8 Å². The molecule has 1 atom stereocenters. The third kappa shape index (κ3) is 4.99.